The van der Waals surface area contributed by atoms with E-state index in [9.17, 15) is 0 Å². The van der Waals surface area contributed by atoms with Gasteiger partial charge in [-0.25, -0.2) is 0 Å². The molecule has 0 unspecified atom stereocenters. The summed E-state index contributed by atoms with van der Waals surface area (Å²) in [5, 5.41) is 9.07. The van der Waals surface area contributed by atoms with Gasteiger partial charge in [-0.2, -0.15) is 5.26 Å². The summed E-state index contributed by atoms with van der Waals surface area (Å²) in [6, 6.07) is 7.89. The van der Waals surface area contributed by atoms with E-state index in [1.165, 1.54) is 0 Å². The van der Waals surface area contributed by atoms with Crippen LogP contribution in [0.1, 0.15) is 25.0 Å². The molecule has 0 bridgehead atoms. The smallest absolute Gasteiger partial charge is 0.175 e. The molecule has 0 aliphatic heterocycles. The van der Waals surface area contributed by atoms with Crippen molar-refractivity contribution in [3.05, 3.63) is 33.8 Å². The molecule has 0 radical (unpaired) electrons. The lowest BCUT2D eigenvalue weighted by atomic mass is 10.1. The summed E-state index contributed by atoms with van der Waals surface area (Å²) in [6.07, 6.45) is 0.660. The van der Waals surface area contributed by atoms with Crippen molar-refractivity contribution in [1.82, 2.24) is 0 Å². The minimum Gasteiger partial charge on any atom is -0.334 e. The van der Waals surface area contributed by atoms with Gasteiger partial charge in [-0.3, -0.25) is 0 Å². The number of hydrogen-bond acceptors (Lipinski definition) is 3. The molecule has 17 heavy (non-hydrogen) atoms. The number of hydrogen-bond donors (Lipinski definition) is 0. The Morgan fingerprint density at radius 2 is 1.94 bits per heavy atom. The van der Waals surface area contributed by atoms with Crippen LogP contribution in [-0.4, -0.2) is 13.2 Å². The molecule has 0 spiro atoms. The minimum atomic E-state index is -0.935. The Balaban J connectivity index is 2.81. The SMILES string of the molecule is CCOP(Cc1ccc(Br)cc1C#N)OCC. The molecule has 0 amide bonds. The Bertz CT molecular complexity index is 400. The highest BCUT2D eigenvalue weighted by Gasteiger charge is 2.13. The summed E-state index contributed by atoms with van der Waals surface area (Å²) in [5.41, 5.74) is 1.65. The highest BCUT2D eigenvalue weighted by Crippen LogP contribution is 2.42. The standard InChI is InChI=1S/C12H15BrNO2P/c1-3-15-17(16-4-2)9-10-5-6-12(13)7-11(10)8-14/h5-7H,3-4,9H2,1-2H3. The molecular formula is C12H15BrNO2P. The molecule has 0 fully saturated rings. The summed E-state index contributed by atoms with van der Waals surface area (Å²) in [5.74, 6) is 0. The average Bonchev–Trinajstić information content (AvgIpc) is 2.32. The number of nitrogens with zero attached hydrogens (tertiary/aromatic N) is 1. The van der Waals surface area contributed by atoms with E-state index in [0.29, 0.717) is 24.9 Å². The lowest BCUT2D eigenvalue weighted by Gasteiger charge is -2.16. The second-order valence-electron chi connectivity index (χ2n) is 3.24. The van der Waals surface area contributed by atoms with Gasteiger partial charge in [-0.1, -0.05) is 22.0 Å². The summed E-state index contributed by atoms with van der Waals surface area (Å²) >= 11 is 3.36. The molecule has 0 saturated heterocycles. The first-order chi connectivity index (χ1) is 8.21. The monoisotopic (exact) mass is 315 g/mol. The number of rotatable bonds is 6. The fraction of sp³-hybridized carbons (Fsp3) is 0.417. The van der Waals surface area contributed by atoms with E-state index in [1.807, 2.05) is 32.0 Å². The Morgan fingerprint density at radius 1 is 1.29 bits per heavy atom. The second-order valence-corrected chi connectivity index (χ2v) is 5.65. The van der Waals surface area contributed by atoms with Crippen molar-refractivity contribution in [1.29, 1.82) is 5.26 Å². The maximum atomic E-state index is 9.07. The fourth-order valence-electron chi connectivity index (χ4n) is 1.35. The van der Waals surface area contributed by atoms with Gasteiger partial charge < -0.3 is 9.05 Å². The lowest BCUT2D eigenvalue weighted by molar-refractivity contribution is 0.268. The van der Waals surface area contributed by atoms with Gasteiger partial charge in [-0.05, 0) is 31.5 Å². The van der Waals surface area contributed by atoms with Crippen molar-refractivity contribution in [2.75, 3.05) is 13.2 Å². The summed E-state index contributed by atoms with van der Waals surface area (Å²) in [6.45, 7) is 5.15. The van der Waals surface area contributed by atoms with E-state index in [4.69, 9.17) is 14.3 Å². The largest absolute Gasteiger partial charge is 0.334 e. The van der Waals surface area contributed by atoms with Crippen LogP contribution >= 0.6 is 24.3 Å². The third-order valence-electron chi connectivity index (χ3n) is 2.04. The number of benzene rings is 1. The molecule has 0 atom stereocenters. The van der Waals surface area contributed by atoms with Gasteiger partial charge in [0.05, 0.1) is 24.8 Å². The second kappa shape index (κ2) is 7.79. The van der Waals surface area contributed by atoms with Crippen LogP contribution in [0.5, 0.6) is 0 Å². The van der Waals surface area contributed by atoms with Gasteiger partial charge in [0.1, 0.15) is 0 Å². The van der Waals surface area contributed by atoms with E-state index >= 15 is 0 Å². The predicted molar refractivity (Wildman–Crippen MR) is 72.7 cm³/mol. The molecule has 0 aliphatic rings. The fourth-order valence-corrected chi connectivity index (χ4v) is 3.09. The molecule has 0 heterocycles. The van der Waals surface area contributed by atoms with Gasteiger partial charge in [0.2, 0.25) is 0 Å². The van der Waals surface area contributed by atoms with Gasteiger partial charge >= 0.3 is 0 Å². The van der Waals surface area contributed by atoms with Crippen LogP contribution in [-0.2, 0) is 15.2 Å². The van der Waals surface area contributed by atoms with Crippen LogP contribution in [0.3, 0.4) is 0 Å². The Labute approximate surface area is 112 Å². The van der Waals surface area contributed by atoms with Crippen LogP contribution in [0.25, 0.3) is 0 Å². The van der Waals surface area contributed by atoms with Gasteiger partial charge in [0.15, 0.2) is 8.38 Å². The normalized spacial score (nSPS) is 10.5. The quantitative estimate of drug-likeness (QED) is 0.739. The molecule has 0 aromatic heterocycles. The molecule has 1 aromatic rings. The molecule has 0 N–H and O–H groups in total. The van der Waals surface area contributed by atoms with Gasteiger partial charge in [0.25, 0.3) is 0 Å². The zero-order chi connectivity index (χ0) is 12.7. The molecule has 5 heteroatoms. The van der Waals surface area contributed by atoms with Gasteiger partial charge in [-0.15, -0.1) is 0 Å². The predicted octanol–water partition coefficient (Wildman–Crippen LogP) is 4.21. The van der Waals surface area contributed by atoms with Crippen molar-refractivity contribution in [2.45, 2.75) is 20.0 Å². The first-order valence-electron chi connectivity index (χ1n) is 5.43. The molecule has 1 rings (SSSR count). The van der Waals surface area contributed by atoms with Crippen molar-refractivity contribution < 1.29 is 9.05 Å². The highest BCUT2D eigenvalue weighted by atomic mass is 79.9. The first kappa shape index (κ1) is 14.6. The Hall–Kier alpha value is -0.460. The van der Waals surface area contributed by atoms with Crippen LogP contribution < -0.4 is 0 Å². The summed E-state index contributed by atoms with van der Waals surface area (Å²) in [4.78, 5) is 0. The zero-order valence-electron chi connectivity index (χ0n) is 9.94. The first-order valence-corrected chi connectivity index (χ1v) is 7.58. The van der Waals surface area contributed by atoms with Crippen LogP contribution in [0.2, 0.25) is 0 Å². The summed E-state index contributed by atoms with van der Waals surface area (Å²) in [7, 11) is -0.935. The van der Waals surface area contributed by atoms with E-state index in [2.05, 4.69) is 22.0 Å². The Kier molecular flexibility index (Phi) is 6.69. The third-order valence-corrected chi connectivity index (χ3v) is 4.22. The van der Waals surface area contributed by atoms with E-state index in [-0.39, 0.29) is 0 Å². The minimum absolute atomic E-state index is 0.629. The molecule has 1 aromatic carbocycles. The van der Waals surface area contributed by atoms with Crippen molar-refractivity contribution in [3.8, 4) is 6.07 Å². The molecule has 3 nitrogen and oxygen atoms in total. The van der Waals surface area contributed by atoms with Crippen molar-refractivity contribution in [3.63, 3.8) is 0 Å². The van der Waals surface area contributed by atoms with Crippen LogP contribution in [0, 0.1) is 11.3 Å². The number of nitriles is 1. The van der Waals surface area contributed by atoms with E-state index < -0.39 is 8.38 Å². The van der Waals surface area contributed by atoms with Crippen molar-refractivity contribution in [2.24, 2.45) is 0 Å². The van der Waals surface area contributed by atoms with Crippen LogP contribution in [0.15, 0.2) is 22.7 Å². The zero-order valence-corrected chi connectivity index (χ0v) is 12.4. The number of halogens is 1. The maximum Gasteiger partial charge on any atom is 0.175 e. The topological polar surface area (TPSA) is 42.2 Å². The molecule has 92 valence electrons. The Morgan fingerprint density at radius 3 is 2.47 bits per heavy atom. The summed E-state index contributed by atoms with van der Waals surface area (Å²) < 4.78 is 12.0. The average molecular weight is 316 g/mol. The molecule has 0 saturated carbocycles. The van der Waals surface area contributed by atoms with Crippen molar-refractivity contribution >= 4 is 24.3 Å². The third kappa shape index (κ3) is 4.73. The lowest BCUT2D eigenvalue weighted by Crippen LogP contribution is -1.96. The molecule has 0 aliphatic carbocycles. The maximum absolute atomic E-state index is 9.07. The molecular weight excluding hydrogens is 301 g/mol. The van der Waals surface area contributed by atoms with E-state index in [0.717, 1.165) is 10.0 Å². The van der Waals surface area contributed by atoms with Crippen LogP contribution in [0.4, 0.5) is 0 Å². The highest BCUT2D eigenvalue weighted by molar-refractivity contribution is 9.10. The van der Waals surface area contributed by atoms with E-state index in [1.54, 1.807) is 0 Å². The van der Waals surface area contributed by atoms with Gasteiger partial charge in [0, 0.05) is 10.6 Å².